The Morgan fingerprint density at radius 1 is 1.10 bits per heavy atom. The Bertz CT molecular complexity index is 676. The number of ketones is 1. The molecule has 0 N–H and O–H groups in total. The second-order valence-electron chi connectivity index (χ2n) is 4.24. The average molecular weight is 280 g/mol. The van der Waals surface area contributed by atoms with Gasteiger partial charge >= 0.3 is 0 Å². The lowest BCUT2D eigenvalue weighted by Gasteiger charge is -2.03. The lowest BCUT2D eigenvalue weighted by Crippen LogP contribution is -1.99. The summed E-state index contributed by atoms with van der Waals surface area (Å²) in [5.74, 6) is 6.54. The molecule has 0 aliphatic carbocycles. The van der Waals surface area contributed by atoms with Crippen LogP contribution >= 0.6 is 0 Å². The van der Waals surface area contributed by atoms with Gasteiger partial charge in [0.2, 0.25) is 5.78 Å². The number of hydrogen-bond donors (Lipinski definition) is 0. The Kier molecular flexibility index (Phi) is 5.00. The van der Waals surface area contributed by atoms with Crippen LogP contribution in [0.1, 0.15) is 22.8 Å². The van der Waals surface area contributed by atoms with E-state index in [0.29, 0.717) is 17.9 Å². The van der Waals surface area contributed by atoms with Crippen LogP contribution in [0.3, 0.4) is 0 Å². The monoisotopic (exact) mass is 280 g/mol. The molecule has 2 rings (SSSR count). The van der Waals surface area contributed by atoms with Crippen LogP contribution in [0.25, 0.3) is 0 Å². The lowest BCUT2D eigenvalue weighted by atomic mass is 10.1. The molecule has 0 amide bonds. The van der Waals surface area contributed by atoms with Crippen LogP contribution < -0.4 is 9.47 Å². The Balaban J connectivity index is 2.16. The van der Waals surface area contributed by atoms with Crippen molar-refractivity contribution in [1.82, 2.24) is 0 Å². The third-order valence-electron chi connectivity index (χ3n) is 2.84. The van der Waals surface area contributed by atoms with Crippen LogP contribution in [-0.4, -0.2) is 19.5 Å². The van der Waals surface area contributed by atoms with Gasteiger partial charge < -0.3 is 9.47 Å². The van der Waals surface area contributed by atoms with Gasteiger partial charge in [-0.2, -0.15) is 0 Å². The minimum absolute atomic E-state index is 0.263. The van der Waals surface area contributed by atoms with Crippen molar-refractivity contribution in [2.24, 2.45) is 0 Å². The molecule has 2 aromatic carbocycles. The van der Waals surface area contributed by atoms with Gasteiger partial charge in [0, 0.05) is 5.56 Å². The summed E-state index contributed by atoms with van der Waals surface area (Å²) in [6, 6.07) is 14.4. The fourth-order valence-electron chi connectivity index (χ4n) is 1.83. The first kappa shape index (κ1) is 14.7. The summed E-state index contributed by atoms with van der Waals surface area (Å²) >= 11 is 0. The molecule has 0 aliphatic heterocycles. The zero-order valence-corrected chi connectivity index (χ0v) is 12.1. The van der Waals surface area contributed by atoms with E-state index in [0.717, 1.165) is 11.3 Å². The molecule has 3 nitrogen and oxygen atoms in total. The normalized spacial score (nSPS) is 9.43. The molecule has 21 heavy (non-hydrogen) atoms. The predicted molar refractivity (Wildman–Crippen MR) is 81.8 cm³/mol. The van der Waals surface area contributed by atoms with Crippen molar-refractivity contribution in [3.05, 3.63) is 59.7 Å². The number of ether oxygens (including phenoxy) is 2. The highest BCUT2D eigenvalue weighted by Gasteiger charge is 2.08. The second-order valence-corrected chi connectivity index (χ2v) is 4.24. The predicted octanol–water partition coefficient (Wildman–Crippen LogP) is 3.33. The number of Topliss-reactive ketones (excluding diaryl/α,β-unsaturated/α-hetero) is 1. The first-order valence-electron chi connectivity index (χ1n) is 6.67. The lowest BCUT2D eigenvalue weighted by molar-refractivity contribution is 0.105. The van der Waals surface area contributed by atoms with E-state index in [1.165, 1.54) is 7.11 Å². The van der Waals surface area contributed by atoms with E-state index in [9.17, 15) is 4.79 Å². The highest BCUT2D eigenvalue weighted by Crippen LogP contribution is 2.17. The van der Waals surface area contributed by atoms with Gasteiger partial charge in [0.15, 0.2) is 0 Å². The van der Waals surface area contributed by atoms with Gasteiger partial charge in [0.25, 0.3) is 0 Å². The Hall–Kier alpha value is -2.73. The van der Waals surface area contributed by atoms with Crippen LogP contribution in [0.4, 0.5) is 0 Å². The van der Waals surface area contributed by atoms with Gasteiger partial charge in [0.05, 0.1) is 19.3 Å². The Morgan fingerprint density at radius 2 is 1.81 bits per heavy atom. The maximum atomic E-state index is 12.1. The van der Waals surface area contributed by atoms with Crippen LogP contribution in [0.2, 0.25) is 0 Å². The molecule has 0 atom stereocenters. The third-order valence-corrected chi connectivity index (χ3v) is 2.84. The Morgan fingerprint density at radius 3 is 2.48 bits per heavy atom. The van der Waals surface area contributed by atoms with E-state index in [1.54, 1.807) is 18.2 Å². The van der Waals surface area contributed by atoms with Gasteiger partial charge in [-0.1, -0.05) is 18.1 Å². The smallest absolute Gasteiger partial charge is 0.239 e. The summed E-state index contributed by atoms with van der Waals surface area (Å²) in [5.41, 5.74) is 1.24. The standard InChI is InChI=1S/C18H16O3/c1-3-21-15-11-8-14(9-12-15)10-13-17(19)16-6-4-5-7-18(16)20-2/h4-9,11-12H,3H2,1-2H3. The summed E-state index contributed by atoms with van der Waals surface area (Å²) in [4.78, 5) is 12.1. The summed E-state index contributed by atoms with van der Waals surface area (Å²) in [6.07, 6.45) is 0. The van der Waals surface area contributed by atoms with Crippen molar-refractivity contribution in [3.63, 3.8) is 0 Å². The fourth-order valence-corrected chi connectivity index (χ4v) is 1.83. The molecule has 3 heteroatoms. The molecule has 0 fully saturated rings. The number of benzene rings is 2. The van der Waals surface area contributed by atoms with E-state index in [-0.39, 0.29) is 5.78 Å². The molecule has 0 heterocycles. The molecule has 0 spiro atoms. The molecule has 0 saturated heterocycles. The number of rotatable bonds is 4. The van der Waals surface area contributed by atoms with Crippen molar-refractivity contribution >= 4 is 5.78 Å². The summed E-state index contributed by atoms with van der Waals surface area (Å²) in [5, 5.41) is 0. The molecule has 0 bridgehead atoms. The van der Waals surface area contributed by atoms with E-state index < -0.39 is 0 Å². The van der Waals surface area contributed by atoms with E-state index >= 15 is 0 Å². The average Bonchev–Trinajstić information content (AvgIpc) is 2.54. The minimum Gasteiger partial charge on any atom is -0.496 e. The van der Waals surface area contributed by atoms with Crippen LogP contribution in [0.15, 0.2) is 48.5 Å². The van der Waals surface area contributed by atoms with Gasteiger partial charge in [-0.05, 0) is 49.2 Å². The highest BCUT2D eigenvalue weighted by molar-refractivity contribution is 6.11. The Labute approximate surface area is 124 Å². The molecule has 0 aliphatic rings. The number of hydrogen-bond acceptors (Lipinski definition) is 3. The molecule has 0 unspecified atom stereocenters. The number of carbonyl (C=O) groups is 1. The van der Waals surface area contributed by atoms with Gasteiger partial charge in [-0.3, -0.25) is 4.79 Å². The van der Waals surface area contributed by atoms with Crippen LogP contribution in [0.5, 0.6) is 11.5 Å². The molecule has 0 radical (unpaired) electrons. The number of carbonyl (C=O) groups excluding carboxylic acids is 1. The molecule has 0 saturated carbocycles. The van der Waals surface area contributed by atoms with Crippen LogP contribution in [-0.2, 0) is 0 Å². The van der Waals surface area contributed by atoms with E-state index in [1.807, 2.05) is 37.3 Å². The first-order valence-corrected chi connectivity index (χ1v) is 6.67. The van der Waals surface area contributed by atoms with E-state index in [2.05, 4.69) is 11.8 Å². The van der Waals surface area contributed by atoms with Gasteiger partial charge in [0.1, 0.15) is 11.5 Å². The highest BCUT2D eigenvalue weighted by atomic mass is 16.5. The fraction of sp³-hybridized carbons (Fsp3) is 0.167. The third kappa shape index (κ3) is 3.87. The van der Waals surface area contributed by atoms with Crippen molar-refractivity contribution < 1.29 is 14.3 Å². The topological polar surface area (TPSA) is 35.5 Å². The maximum Gasteiger partial charge on any atom is 0.239 e. The summed E-state index contributed by atoms with van der Waals surface area (Å²) in [7, 11) is 1.53. The summed E-state index contributed by atoms with van der Waals surface area (Å²) < 4.78 is 10.5. The van der Waals surface area contributed by atoms with Crippen molar-refractivity contribution in [2.45, 2.75) is 6.92 Å². The van der Waals surface area contributed by atoms with Crippen molar-refractivity contribution in [3.8, 4) is 23.3 Å². The second kappa shape index (κ2) is 7.16. The molecule has 0 aromatic heterocycles. The zero-order valence-electron chi connectivity index (χ0n) is 12.1. The number of para-hydroxylation sites is 1. The molecular weight excluding hydrogens is 264 g/mol. The molecule has 106 valence electrons. The molecular formula is C18H16O3. The van der Waals surface area contributed by atoms with Crippen molar-refractivity contribution in [2.75, 3.05) is 13.7 Å². The minimum atomic E-state index is -0.263. The van der Waals surface area contributed by atoms with Gasteiger partial charge in [-0.15, -0.1) is 0 Å². The number of methoxy groups -OCH3 is 1. The maximum absolute atomic E-state index is 12.1. The largest absolute Gasteiger partial charge is 0.496 e. The van der Waals surface area contributed by atoms with E-state index in [4.69, 9.17) is 9.47 Å². The van der Waals surface area contributed by atoms with Crippen molar-refractivity contribution in [1.29, 1.82) is 0 Å². The van der Waals surface area contributed by atoms with Gasteiger partial charge in [-0.25, -0.2) is 0 Å². The first-order chi connectivity index (χ1) is 10.2. The quantitative estimate of drug-likeness (QED) is 0.636. The molecule has 2 aromatic rings. The van der Waals surface area contributed by atoms with Crippen LogP contribution in [0, 0.1) is 11.8 Å². The summed E-state index contributed by atoms with van der Waals surface area (Å²) in [6.45, 7) is 2.55. The zero-order chi connectivity index (χ0) is 15.1. The SMILES string of the molecule is CCOc1ccc(C#CC(=O)c2ccccc2OC)cc1.